The Hall–Kier alpha value is -3.84. The Morgan fingerprint density at radius 3 is 1.45 bits per heavy atom. The zero-order chi connectivity index (χ0) is 29.3. The molecular formula is C32H24N8S4. The average molecular weight is 649 g/mol. The molecule has 8 nitrogen and oxygen atoms in total. The Morgan fingerprint density at radius 2 is 1.00 bits per heavy atom. The van der Waals surface area contributed by atoms with E-state index >= 15 is 0 Å². The van der Waals surface area contributed by atoms with E-state index < -0.39 is 0 Å². The predicted octanol–water partition coefficient (Wildman–Crippen LogP) is 7.32. The number of fused-ring (bicyclic) bond motifs is 3. The fraction of sp³-hybridized carbons (Fsp3) is 0.125. The Balaban J connectivity index is 0.942. The highest BCUT2D eigenvalue weighted by molar-refractivity contribution is 8.00. The van der Waals surface area contributed by atoms with E-state index in [1.807, 2.05) is 45.8 Å². The van der Waals surface area contributed by atoms with Gasteiger partial charge in [0, 0.05) is 23.0 Å². The van der Waals surface area contributed by atoms with Gasteiger partial charge in [-0.05, 0) is 33.0 Å². The molecule has 4 aromatic carbocycles. The van der Waals surface area contributed by atoms with Crippen LogP contribution < -0.4 is 0 Å². The van der Waals surface area contributed by atoms with Crippen molar-refractivity contribution in [1.29, 1.82) is 0 Å². The highest BCUT2D eigenvalue weighted by atomic mass is 32.2. The molecule has 0 saturated carbocycles. The maximum absolute atomic E-state index is 4.87. The number of hydrogen-bond donors (Lipinski definition) is 0. The first-order valence-corrected chi connectivity index (χ1v) is 17.9. The molecule has 6 aromatic rings. The summed E-state index contributed by atoms with van der Waals surface area (Å²) in [6.45, 7) is 0. The lowest BCUT2D eigenvalue weighted by Crippen LogP contribution is -2.13. The number of aromatic nitrogens is 6. The molecule has 0 radical (unpaired) electrons. The predicted molar refractivity (Wildman–Crippen MR) is 181 cm³/mol. The van der Waals surface area contributed by atoms with Crippen LogP contribution in [-0.4, -0.2) is 52.7 Å². The first-order chi connectivity index (χ1) is 21.8. The fourth-order valence-electron chi connectivity index (χ4n) is 4.96. The highest BCUT2D eigenvalue weighted by Gasteiger charge is 2.21. The normalized spacial score (nSPS) is 14.2. The van der Waals surface area contributed by atoms with Crippen molar-refractivity contribution in [2.75, 3.05) is 11.5 Å². The summed E-state index contributed by atoms with van der Waals surface area (Å²) < 4.78 is 3.76. The topological polar surface area (TPSA) is 86.1 Å². The minimum absolute atomic E-state index is 0.786. The number of hydrogen-bond acceptors (Lipinski definition) is 10. The molecule has 8 rings (SSSR count). The van der Waals surface area contributed by atoms with Gasteiger partial charge >= 0.3 is 0 Å². The van der Waals surface area contributed by atoms with Crippen molar-refractivity contribution in [3.05, 3.63) is 119 Å². The average Bonchev–Trinajstić information content (AvgIpc) is 3.70. The molecule has 0 amide bonds. The van der Waals surface area contributed by atoms with Gasteiger partial charge in [-0.2, -0.15) is 19.6 Å². The SMILES string of the molecule is c1ccc(C2=Nn3c(nnc3SCc3ccc4cc(CSc5nnc6n5N=C(c5ccccc5)CS6)ccc4c3)SC2)cc1. The van der Waals surface area contributed by atoms with Crippen molar-refractivity contribution in [1.82, 2.24) is 29.7 Å². The van der Waals surface area contributed by atoms with Crippen LogP contribution in [-0.2, 0) is 11.5 Å². The van der Waals surface area contributed by atoms with Gasteiger partial charge in [0.25, 0.3) is 0 Å². The van der Waals surface area contributed by atoms with Crippen LogP contribution in [0.15, 0.2) is 128 Å². The van der Waals surface area contributed by atoms with Gasteiger partial charge in [-0.1, -0.05) is 144 Å². The molecule has 4 heterocycles. The van der Waals surface area contributed by atoms with Crippen molar-refractivity contribution in [3.63, 3.8) is 0 Å². The molecule has 0 bridgehead atoms. The minimum Gasteiger partial charge on any atom is -0.181 e. The third-order valence-corrected chi connectivity index (χ3v) is 11.0. The molecule has 0 unspecified atom stereocenters. The van der Waals surface area contributed by atoms with Gasteiger partial charge in [-0.3, -0.25) is 0 Å². The summed E-state index contributed by atoms with van der Waals surface area (Å²) in [5.41, 5.74) is 6.81. The van der Waals surface area contributed by atoms with E-state index in [4.69, 9.17) is 10.2 Å². The lowest BCUT2D eigenvalue weighted by Gasteiger charge is -2.13. The van der Waals surface area contributed by atoms with Crippen LogP contribution >= 0.6 is 47.0 Å². The smallest absolute Gasteiger partial charge is 0.181 e. The first kappa shape index (κ1) is 27.7. The van der Waals surface area contributed by atoms with Crippen molar-refractivity contribution in [2.24, 2.45) is 10.2 Å². The van der Waals surface area contributed by atoms with Crippen molar-refractivity contribution in [2.45, 2.75) is 32.1 Å². The molecule has 2 aliphatic heterocycles. The summed E-state index contributed by atoms with van der Waals surface area (Å²) in [5, 5.41) is 33.0. The van der Waals surface area contributed by atoms with Crippen LogP contribution in [0.5, 0.6) is 0 Å². The summed E-state index contributed by atoms with van der Waals surface area (Å²) in [5.74, 6) is 3.16. The largest absolute Gasteiger partial charge is 0.213 e. The maximum atomic E-state index is 4.87. The monoisotopic (exact) mass is 648 g/mol. The fourth-order valence-corrected chi connectivity index (χ4v) is 8.40. The Bertz CT molecular complexity index is 1890. The third-order valence-electron chi connectivity index (χ3n) is 7.20. The zero-order valence-electron chi connectivity index (χ0n) is 23.3. The van der Waals surface area contributed by atoms with Gasteiger partial charge < -0.3 is 0 Å². The molecule has 2 aliphatic rings. The van der Waals surface area contributed by atoms with Crippen molar-refractivity contribution < 1.29 is 0 Å². The standard InChI is InChI=1S/C32H24N8S4/c1-3-7-23(8-4-1)27-19-43-31-35-33-29(39(31)37-27)41-17-21-11-13-26-16-22(12-14-25(26)15-21)18-42-30-34-36-32-40(30)38-28(20-44-32)24-9-5-2-6-10-24/h1-16H,17-20H2. The lowest BCUT2D eigenvalue weighted by molar-refractivity contribution is 0.693. The van der Waals surface area contributed by atoms with Crippen LogP contribution in [0.4, 0.5) is 0 Å². The van der Waals surface area contributed by atoms with E-state index in [-0.39, 0.29) is 0 Å². The molecule has 0 atom stereocenters. The summed E-state index contributed by atoms with van der Waals surface area (Å²) in [6.07, 6.45) is 0. The van der Waals surface area contributed by atoms with Crippen LogP contribution in [0, 0.1) is 0 Å². The van der Waals surface area contributed by atoms with E-state index in [0.29, 0.717) is 0 Å². The van der Waals surface area contributed by atoms with Crippen LogP contribution in [0.1, 0.15) is 22.3 Å². The molecule has 0 aliphatic carbocycles. The summed E-state index contributed by atoms with van der Waals surface area (Å²) >= 11 is 6.66. The number of rotatable bonds is 8. The van der Waals surface area contributed by atoms with Crippen molar-refractivity contribution in [3.8, 4) is 0 Å². The van der Waals surface area contributed by atoms with E-state index in [1.54, 1.807) is 47.0 Å². The Kier molecular flexibility index (Phi) is 7.72. The molecule has 0 saturated heterocycles. The van der Waals surface area contributed by atoms with Gasteiger partial charge in [0.2, 0.25) is 20.6 Å². The number of nitrogens with zero attached hydrogens (tertiary/aromatic N) is 8. The van der Waals surface area contributed by atoms with Gasteiger partial charge in [0.05, 0.1) is 11.4 Å². The third kappa shape index (κ3) is 5.70. The lowest BCUT2D eigenvalue weighted by atomic mass is 10.1. The molecular weight excluding hydrogens is 625 g/mol. The second kappa shape index (κ2) is 12.3. The molecule has 0 fully saturated rings. The second-order valence-corrected chi connectivity index (χ2v) is 13.9. The van der Waals surface area contributed by atoms with Gasteiger partial charge in [0.1, 0.15) is 0 Å². The number of benzene rings is 4. The highest BCUT2D eigenvalue weighted by Crippen LogP contribution is 2.32. The quantitative estimate of drug-likeness (QED) is 0.159. The van der Waals surface area contributed by atoms with Crippen LogP contribution in [0.25, 0.3) is 10.8 Å². The van der Waals surface area contributed by atoms with Gasteiger partial charge in [0.15, 0.2) is 0 Å². The van der Waals surface area contributed by atoms with E-state index in [1.165, 1.54) is 21.9 Å². The van der Waals surface area contributed by atoms with Crippen molar-refractivity contribution >= 4 is 69.2 Å². The van der Waals surface area contributed by atoms with Gasteiger partial charge in [-0.25, -0.2) is 0 Å². The molecule has 2 aromatic heterocycles. The van der Waals surface area contributed by atoms with E-state index in [0.717, 1.165) is 66.2 Å². The molecule has 44 heavy (non-hydrogen) atoms. The Morgan fingerprint density at radius 1 is 0.545 bits per heavy atom. The summed E-state index contributed by atoms with van der Waals surface area (Å²) in [7, 11) is 0. The summed E-state index contributed by atoms with van der Waals surface area (Å²) in [6, 6.07) is 33.9. The molecule has 216 valence electrons. The van der Waals surface area contributed by atoms with E-state index in [9.17, 15) is 0 Å². The van der Waals surface area contributed by atoms with Gasteiger partial charge in [-0.15, -0.1) is 20.4 Å². The van der Waals surface area contributed by atoms with E-state index in [2.05, 4.69) is 81.1 Å². The zero-order valence-corrected chi connectivity index (χ0v) is 26.5. The van der Waals surface area contributed by atoms with Crippen LogP contribution in [0.2, 0.25) is 0 Å². The van der Waals surface area contributed by atoms with Crippen LogP contribution in [0.3, 0.4) is 0 Å². The molecule has 0 N–H and O–H groups in total. The minimum atomic E-state index is 0.786. The first-order valence-electron chi connectivity index (χ1n) is 14.0. The maximum Gasteiger partial charge on any atom is 0.213 e. The number of thioether (sulfide) groups is 4. The Labute approximate surface area is 270 Å². The molecule has 12 heteroatoms. The second-order valence-electron chi connectivity index (χ2n) is 10.1. The molecule has 0 spiro atoms. The summed E-state index contributed by atoms with van der Waals surface area (Å²) in [4.78, 5) is 0.